The molecule has 0 aromatic heterocycles. The van der Waals surface area contributed by atoms with Crippen molar-refractivity contribution >= 4 is 5.97 Å². The normalized spacial score (nSPS) is 15.1. The maximum Gasteiger partial charge on any atom is 0.315 e. The Morgan fingerprint density at radius 1 is 1.27 bits per heavy atom. The molecule has 0 saturated heterocycles. The predicted molar refractivity (Wildman–Crippen MR) is 59.2 cm³/mol. The quantitative estimate of drug-likeness (QED) is 0.480. The molecule has 0 spiro atoms. The summed E-state index contributed by atoms with van der Waals surface area (Å²) in [6.07, 6.45) is 0.417. The first-order chi connectivity index (χ1) is 6.88. The second kappa shape index (κ2) is 3.09. The van der Waals surface area contributed by atoms with E-state index in [4.69, 9.17) is 4.74 Å². The Balaban J connectivity index is 2.54. The van der Waals surface area contributed by atoms with E-state index < -0.39 is 0 Å². The van der Waals surface area contributed by atoms with Gasteiger partial charge in [0.2, 0.25) is 0 Å². The first-order valence-electron chi connectivity index (χ1n) is 5.22. The van der Waals surface area contributed by atoms with Gasteiger partial charge in [0.1, 0.15) is 5.75 Å². The topological polar surface area (TPSA) is 26.3 Å². The molecule has 1 aliphatic rings. The molecule has 0 radical (unpaired) electrons. The monoisotopic (exact) mass is 204 g/mol. The van der Waals surface area contributed by atoms with Crippen LogP contribution in [0.25, 0.3) is 0 Å². The van der Waals surface area contributed by atoms with Crippen LogP contribution < -0.4 is 4.74 Å². The van der Waals surface area contributed by atoms with E-state index in [1.807, 2.05) is 6.92 Å². The third kappa shape index (κ3) is 1.76. The number of hydrogen-bond acceptors (Lipinski definition) is 2. The van der Waals surface area contributed by atoms with Crippen molar-refractivity contribution in [3.8, 4) is 5.75 Å². The number of rotatable bonds is 0. The molecule has 2 heteroatoms. The Kier molecular flexibility index (Phi) is 2.10. The molecule has 0 amide bonds. The summed E-state index contributed by atoms with van der Waals surface area (Å²) >= 11 is 0. The Bertz CT molecular complexity index is 425. The minimum Gasteiger partial charge on any atom is -0.426 e. The fraction of sp³-hybridized carbons (Fsp3) is 0.462. The molecule has 0 atom stereocenters. The highest BCUT2D eigenvalue weighted by Gasteiger charge is 2.25. The first-order valence-corrected chi connectivity index (χ1v) is 5.22. The molecule has 0 unspecified atom stereocenters. The number of hydrogen-bond donors (Lipinski definition) is 0. The van der Waals surface area contributed by atoms with Crippen molar-refractivity contribution in [2.45, 2.75) is 39.5 Å². The predicted octanol–water partition coefficient (Wildman–Crippen LogP) is 2.75. The summed E-state index contributed by atoms with van der Waals surface area (Å²) in [5.74, 6) is 0.632. The number of ether oxygens (including phenoxy) is 1. The Morgan fingerprint density at radius 2 is 1.93 bits per heavy atom. The second-order valence-electron chi connectivity index (χ2n) is 5.18. The molecule has 0 N–H and O–H groups in total. The minimum atomic E-state index is -0.140. The second-order valence-corrected chi connectivity index (χ2v) is 5.18. The van der Waals surface area contributed by atoms with Gasteiger partial charge in [-0.1, -0.05) is 32.9 Å². The molecule has 15 heavy (non-hydrogen) atoms. The van der Waals surface area contributed by atoms with Gasteiger partial charge in [0.25, 0.3) is 0 Å². The molecule has 1 heterocycles. The van der Waals surface area contributed by atoms with Crippen molar-refractivity contribution in [2.24, 2.45) is 0 Å². The number of aryl methyl sites for hydroxylation is 1. The summed E-state index contributed by atoms with van der Waals surface area (Å²) in [5, 5.41) is 0. The van der Waals surface area contributed by atoms with Crippen LogP contribution >= 0.6 is 0 Å². The highest BCUT2D eigenvalue weighted by Crippen LogP contribution is 2.34. The zero-order valence-electron chi connectivity index (χ0n) is 9.68. The van der Waals surface area contributed by atoms with Crippen LogP contribution in [0.1, 0.15) is 37.5 Å². The number of benzene rings is 1. The molecular formula is C13H16O2. The van der Waals surface area contributed by atoms with Crippen molar-refractivity contribution in [3.63, 3.8) is 0 Å². The van der Waals surface area contributed by atoms with Gasteiger partial charge in [0.15, 0.2) is 0 Å². The van der Waals surface area contributed by atoms with Crippen LogP contribution in [0.5, 0.6) is 5.75 Å². The Labute approximate surface area is 90.3 Å². The minimum absolute atomic E-state index is 0.116. The number of fused-ring (bicyclic) bond motifs is 1. The standard InChI is InChI=1S/C13H16O2/c1-8-5-10(13(2,3)4)6-9-7-11(14)15-12(8)9/h5-6H,7H2,1-4H3. The highest BCUT2D eigenvalue weighted by molar-refractivity contribution is 5.82. The maximum absolute atomic E-state index is 11.2. The van der Waals surface area contributed by atoms with Gasteiger partial charge < -0.3 is 4.74 Å². The summed E-state index contributed by atoms with van der Waals surface area (Å²) in [6, 6.07) is 4.20. The van der Waals surface area contributed by atoms with Crippen LogP contribution in [-0.4, -0.2) is 5.97 Å². The fourth-order valence-electron chi connectivity index (χ4n) is 1.86. The molecule has 0 saturated carbocycles. The van der Waals surface area contributed by atoms with Crippen LogP contribution in [-0.2, 0) is 16.6 Å². The van der Waals surface area contributed by atoms with Crippen molar-refractivity contribution < 1.29 is 9.53 Å². The van der Waals surface area contributed by atoms with E-state index in [2.05, 4.69) is 32.9 Å². The largest absolute Gasteiger partial charge is 0.426 e. The van der Waals surface area contributed by atoms with Gasteiger partial charge in [-0.2, -0.15) is 0 Å². The van der Waals surface area contributed by atoms with E-state index in [1.165, 1.54) is 5.56 Å². The van der Waals surface area contributed by atoms with E-state index in [1.54, 1.807) is 0 Å². The molecule has 0 fully saturated rings. The van der Waals surface area contributed by atoms with Gasteiger partial charge in [0.05, 0.1) is 6.42 Å². The average Bonchev–Trinajstić information content (AvgIpc) is 2.44. The highest BCUT2D eigenvalue weighted by atomic mass is 16.5. The van der Waals surface area contributed by atoms with Gasteiger partial charge in [0, 0.05) is 5.56 Å². The van der Waals surface area contributed by atoms with Crippen molar-refractivity contribution in [1.82, 2.24) is 0 Å². The number of carbonyl (C=O) groups excluding carboxylic acids is 1. The first kappa shape index (κ1) is 10.2. The number of carbonyl (C=O) groups is 1. The lowest BCUT2D eigenvalue weighted by Gasteiger charge is -2.20. The van der Waals surface area contributed by atoms with Crippen LogP contribution in [0, 0.1) is 6.92 Å². The zero-order chi connectivity index (χ0) is 11.2. The van der Waals surface area contributed by atoms with Gasteiger partial charge in [-0.3, -0.25) is 4.79 Å². The summed E-state index contributed by atoms with van der Waals surface area (Å²) in [7, 11) is 0. The molecule has 0 bridgehead atoms. The van der Waals surface area contributed by atoms with E-state index in [0.29, 0.717) is 6.42 Å². The van der Waals surface area contributed by atoms with E-state index in [0.717, 1.165) is 16.9 Å². The summed E-state index contributed by atoms with van der Waals surface area (Å²) in [4.78, 5) is 11.2. The summed E-state index contributed by atoms with van der Waals surface area (Å²) in [6.45, 7) is 8.51. The molecule has 80 valence electrons. The summed E-state index contributed by atoms with van der Waals surface area (Å²) < 4.78 is 5.17. The molecule has 0 aliphatic carbocycles. The molecule has 2 rings (SSSR count). The molecule has 1 aromatic rings. The van der Waals surface area contributed by atoms with E-state index in [9.17, 15) is 4.79 Å². The van der Waals surface area contributed by atoms with Crippen LogP contribution in [0.3, 0.4) is 0 Å². The molecule has 1 aliphatic heterocycles. The fourth-order valence-corrected chi connectivity index (χ4v) is 1.86. The molecule has 2 nitrogen and oxygen atoms in total. The van der Waals surface area contributed by atoms with Gasteiger partial charge in [-0.25, -0.2) is 0 Å². The average molecular weight is 204 g/mol. The van der Waals surface area contributed by atoms with E-state index in [-0.39, 0.29) is 11.4 Å². The lowest BCUT2D eigenvalue weighted by molar-refractivity contribution is -0.131. The molecule has 1 aromatic carbocycles. The Hall–Kier alpha value is -1.31. The summed E-state index contributed by atoms with van der Waals surface area (Å²) in [5.41, 5.74) is 3.47. The smallest absolute Gasteiger partial charge is 0.315 e. The third-order valence-electron chi connectivity index (χ3n) is 2.77. The van der Waals surface area contributed by atoms with Crippen molar-refractivity contribution in [3.05, 3.63) is 28.8 Å². The zero-order valence-corrected chi connectivity index (χ0v) is 9.68. The van der Waals surface area contributed by atoms with Crippen LogP contribution in [0.2, 0.25) is 0 Å². The van der Waals surface area contributed by atoms with Crippen LogP contribution in [0.15, 0.2) is 12.1 Å². The van der Waals surface area contributed by atoms with Crippen molar-refractivity contribution in [2.75, 3.05) is 0 Å². The Morgan fingerprint density at radius 3 is 2.53 bits per heavy atom. The lowest BCUT2D eigenvalue weighted by atomic mass is 9.85. The van der Waals surface area contributed by atoms with Gasteiger partial charge in [-0.15, -0.1) is 0 Å². The van der Waals surface area contributed by atoms with Crippen LogP contribution in [0.4, 0.5) is 0 Å². The maximum atomic E-state index is 11.2. The lowest BCUT2D eigenvalue weighted by Crippen LogP contribution is -2.11. The SMILES string of the molecule is Cc1cc(C(C)(C)C)cc2c1OC(=O)C2. The van der Waals surface area contributed by atoms with Crippen molar-refractivity contribution in [1.29, 1.82) is 0 Å². The third-order valence-corrected chi connectivity index (χ3v) is 2.77. The number of esters is 1. The van der Waals surface area contributed by atoms with Gasteiger partial charge in [-0.05, 0) is 23.5 Å². The van der Waals surface area contributed by atoms with E-state index >= 15 is 0 Å². The molecular weight excluding hydrogens is 188 g/mol. The van der Waals surface area contributed by atoms with Gasteiger partial charge >= 0.3 is 5.97 Å².